The van der Waals surface area contributed by atoms with Crippen molar-refractivity contribution in [1.82, 2.24) is 0 Å². The molecule has 5 nitrogen and oxygen atoms in total. The Labute approximate surface area is 105 Å². The van der Waals surface area contributed by atoms with Gasteiger partial charge in [0, 0.05) is 5.54 Å². The number of rotatable bonds is 3. The molecule has 0 bridgehead atoms. The lowest BCUT2D eigenvalue weighted by Gasteiger charge is -2.42. The average molecular weight is 248 g/mol. The summed E-state index contributed by atoms with van der Waals surface area (Å²) < 4.78 is 0. The summed E-state index contributed by atoms with van der Waals surface area (Å²) in [5, 5.41) is 11.8. The van der Waals surface area contributed by atoms with Gasteiger partial charge < -0.3 is 15.3 Å². The van der Waals surface area contributed by atoms with Crippen LogP contribution in [0.5, 0.6) is 0 Å². The highest BCUT2D eigenvalue weighted by molar-refractivity contribution is 6.01. The lowest BCUT2D eigenvalue weighted by molar-refractivity contribution is -0.138. The first kappa shape index (κ1) is 12.4. The maximum Gasteiger partial charge on any atom is 0.305 e. The Bertz CT molecular complexity index is 497. The van der Waals surface area contributed by atoms with Crippen LogP contribution >= 0.6 is 0 Å². The number of nitrogens with zero attached hydrogens (tertiary/aromatic N) is 1. The van der Waals surface area contributed by atoms with Gasteiger partial charge in [-0.15, -0.1) is 0 Å². The molecule has 96 valence electrons. The number of carboxylic acids is 1. The highest BCUT2D eigenvalue weighted by atomic mass is 16.4. The van der Waals surface area contributed by atoms with Crippen LogP contribution in [-0.2, 0) is 9.59 Å². The monoisotopic (exact) mass is 248 g/mol. The molecule has 1 aliphatic heterocycles. The van der Waals surface area contributed by atoms with E-state index in [2.05, 4.69) is 5.32 Å². The number of nitrogens with one attached hydrogen (secondary N) is 1. The number of para-hydroxylation sites is 2. The zero-order chi connectivity index (χ0) is 13.3. The van der Waals surface area contributed by atoms with Crippen LogP contribution in [-0.4, -0.2) is 29.1 Å². The number of carbonyl (C=O) groups is 2. The molecular weight excluding hydrogens is 232 g/mol. The van der Waals surface area contributed by atoms with E-state index in [-0.39, 0.29) is 18.9 Å². The van der Waals surface area contributed by atoms with Gasteiger partial charge >= 0.3 is 5.97 Å². The van der Waals surface area contributed by atoms with Crippen LogP contribution in [0.15, 0.2) is 24.3 Å². The Balaban J connectivity index is 2.39. The van der Waals surface area contributed by atoms with E-state index < -0.39 is 11.5 Å². The molecule has 1 heterocycles. The molecule has 0 saturated heterocycles. The van der Waals surface area contributed by atoms with Crippen molar-refractivity contribution >= 4 is 23.3 Å². The van der Waals surface area contributed by atoms with Crippen molar-refractivity contribution in [2.75, 3.05) is 16.8 Å². The number of carbonyl (C=O) groups excluding carboxylic acids is 1. The zero-order valence-corrected chi connectivity index (χ0v) is 10.4. The second-order valence-electron chi connectivity index (χ2n) is 5.03. The summed E-state index contributed by atoms with van der Waals surface area (Å²) in [4.78, 5) is 24.4. The van der Waals surface area contributed by atoms with Gasteiger partial charge in [0.15, 0.2) is 0 Å². The van der Waals surface area contributed by atoms with Crippen LogP contribution in [0.3, 0.4) is 0 Å². The van der Waals surface area contributed by atoms with Crippen molar-refractivity contribution in [3.05, 3.63) is 24.3 Å². The van der Waals surface area contributed by atoms with Gasteiger partial charge in [0.25, 0.3) is 0 Å². The minimum absolute atomic E-state index is 0.0192. The van der Waals surface area contributed by atoms with Crippen molar-refractivity contribution in [3.63, 3.8) is 0 Å². The molecule has 1 aromatic rings. The van der Waals surface area contributed by atoms with Gasteiger partial charge in [-0.05, 0) is 26.0 Å². The summed E-state index contributed by atoms with van der Waals surface area (Å²) in [5.41, 5.74) is 0.982. The third-order valence-corrected chi connectivity index (χ3v) is 3.09. The third kappa shape index (κ3) is 2.30. The van der Waals surface area contributed by atoms with Gasteiger partial charge in [-0.25, -0.2) is 0 Å². The Kier molecular flexibility index (Phi) is 2.98. The standard InChI is InChI=1S/C13H16N2O3/c1-13(2,7-12(17)18)15-8-11(16)14-9-5-3-4-6-10(9)15/h3-6H,7-8H2,1-2H3,(H,14,16)(H,17,18). The van der Waals surface area contributed by atoms with Crippen molar-refractivity contribution in [2.45, 2.75) is 25.8 Å². The molecule has 0 atom stereocenters. The zero-order valence-electron chi connectivity index (χ0n) is 10.4. The molecule has 0 saturated carbocycles. The van der Waals surface area contributed by atoms with Crippen molar-refractivity contribution in [2.24, 2.45) is 0 Å². The number of fused-ring (bicyclic) bond motifs is 1. The van der Waals surface area contributed by atoms with Gasteiger partial charge in [0.2, 0.25) is 5.91 Å². The van der Waals surface area contributed by atoms with Crippen LogP contribution in [0, 0.1) is 0 Å². The van der Waals surface area contributed by atoms with Gasteiger partial charge in [-0.3, -0.25) is 9.59 Å². The lowest BCUT2D eigenvalue weighted by Crippen LogP contribution is -2.51. The molecule has 0 aliphatic carbocycles. The lowest BCUT2D eigenvalue weighted by atomic mass is 9.95. The van der Waals surface area contributed by atoms with Crippen LogP contribution in [0.4, 0.5) is 11.4 Å². The van der Waals surface area contributed by atoms with E-state index in [9.17, 15) is 9.59 Å². The highest BCUT2D eigenvalue weighted by Crippen LogP contribution is 2.35. The number of amides is 1. The molecular formula is C13H16N2O3. The van der Waals surface area contributed by atoms with Crippen LogP contribution < -0.4 is 10.2 Å². The largest absolute Gasteiger partial charge is 0.481 e. The number of hydrogen-bond acceptors (Lipinski definition) is 3. The SMILES string of the molecule is CC(C)(CC(=O)O)N1CC(=O)Nc2ccccc21. The Morgan fingerprint density at radius 2 is 2.11 bits per heavy atom. The average Bonchev–Trinajstić information content (AvgIpc) is 2.26. The van der Waals surface area contributed by atoms with E-state index in [0.29, 0.717) is 0 Å². The number of carboxylic acid groups (broad SMARTS) is 1. The van der Waals surface area contributed by atoms with E-state index in [4.69, 9.17) is 5.11 Å². The molecule has 0 aromatic heterocycles. The van der Waals surface area contributed by atoms with Gasteiger partial charge in [-0.2, -0.15) is 0 Å². The molecule has 1 amide bonds. The number of aliphatic carboxylic acids is 1. The van der Waals surface area contributed by atoms with Crippen LogP contribution in [0.2, 0.25) is 0 Å². The van der Waals surface area contributed by atoms with E-state index in [1.165, 1.54) is 0 Å². The molecule has 18 heavy (non-hydrogen) atoms. The van der Waals surface area contributed by atoms with E-state index in [1.54, 1.807) is 0 Å². The topological polar surface area (TPSA) is 69.6 Å². The molecule has 5 heteroatoms. The minimum Gasteiger partial charge on any atom is -0.481 e. The molecule has 2 N–H and O–H groups in total. The molecule has 0 unspecified atom stereocenters. The molecule has 1 aliphatic rings. The second kappa shape index (κ2) is 4.33. The Hall–Kier alpha value is -2.04. The maximum atomic E-state index is 11.7. The summed E-state index contributed by atoms with van der Waals surface area (Å²) in [6.45, 7) is 3.84. The minimum atomic E-state index is -0.872. The predicted octanol–water partition coefficient (Wildman–Crippen LogP) is 1.70. The second-order valence-corrected chi connectivity index (χ2v) is 5.03. The smallest absolute Gasteiger partial charge is 0.305 e. The van der Waals surface area contributed by atoms with Crippen LogP contribution in [0.1, 0.15) is 20.3 Å². The molecule has 0 spiro atoms. The van der Waals surface area contributed by atoms with Crippen LogP contribution in [0.25, 0.3) is 0 Å². The number of anilines is 2. The molecule has 2 rings (SSSR count). The normalized spacial score (nSPS) is 15.0. The number of hydrogen-bond donors (Lipinski definition) is 2. The van der Waals surface area contributed by atoms with Crippen molar-refractivity contribution in [3.8, 4) is 0 Å². The summed E-state index contributed by atoms with van der Waals surface area (Å²) in [7, 11) is 0. The summed E-state index contributed by atoms with van der Waals surface area (Å²) >= 11 is 0. The van der Waals surface area contributed by atoms with Gasteiger partial charge in [0.1, 0.15) is 0 Å². The summed E-state index contributed by atoms with van der Waals surface area (Å²) in [5.74, 6) is -0.990. The maximum absolute atomic E-state index is 11.7. The first-order valence-corrected chi connectivity index (χ1v) is 5.78. The first-order valence-electron chi connectivity index (χ1n) is 5.78. The fourth-order valence-electron chi connectivity index (χ4n) is 2.24. The molecule has 0 fully saturated rings. The fraction of sp³-hybridized carbons (Fsp3) is 0.385. The molecule has 0 radical (unpaired) electrons. The Morgan fingerprint density at radius 1 is 1.44 bits per heavy atom. The van der Waals surface area contributed by atoms with Crippen molar-refractivity contribution < 1.29 is 14.7 Å². The van der Waals surface area contributed by atoms with E-state index >= 15 is 0 Å². The number of benzene rings is 1. The fourth-order valence-corrected chi connectivity index (χ4v) is 2.24. The van der Waals surface area contributed by atoms with E-state index in [1.807, 2.05) is 43.0 Å². The third-order valence-electron chi connectivity index (χ3n) is 3.09. The summed E-state index contributed by atoms with van der Waals surface area (Å²) in [6.07, 6.45) is -0.0192. The predicted molar refractivity (Wildman–Crippen MR) is 68.7 cm³/mol. The van der Waals surface area contributed by atoms with E-state index in [0.717, 1.165) is 11.4 Å². The van der Waals surface area contributed by atoms with Gasteiger partial charge in [0.05, 0.1) is 24.3 Å². The van der Waals surface area contributed by atoms with Crippen molar-refractivity contribution in [1.29, 1.82) is 0 Å². The highest BCUT2D eigenvalue weighted by Gasteiger charge is 2.34. The Morgan fingerprint density at radius 3 is 2.78 bits per heavy atom. The quantitative estimate of drug-likeness (QED) is 0.854. The van der Waals surface area contributed by atoms with Gasteiger partial charge in [-0.1, -0.05) is 12.1 Å². The first-order chi connectivity index (χ1) is 8.40. The molecule has 1 aromatic carbocycles. The summed E-state index contributed by atoms with van der Waals surface area (Å²) in [6, 6.07) is 7.42.